The summed E-state index contributed by atoms with van der Waals surface area (Å²) in [7, 11) is 0. The van der Waals surface area contributed by atoms with Crippen LogP contribution in [0.25, 0.3) is 0 Å². The van der Waals surface area contributed by atoms with Crippen LogP contribution in [0.15, 0.2) is 11.1 Å². The lowest BCUT2D eigenvalue weighted by Gasteiger charge is -2.15. The number of carbonyl (C=O) groups is 3. The molecule has 1 aliphatic carbocycles. The Bertz CT molecular complexity index is 504. The lowest BCUT2D eigenvalue weighted by atomic mass is 10.0. The van der Waals surface area contributed by atoms with Gasteiger partial charge in [-0.15, -0.1) is 0 Å². The largest absolute Gasteiger partial charge is 0.443 e. The maximum Gasteiger partial charge on any atom is 0.311 e. The summed E-state index contributed by atoms with van der Waals surface area (Å²) in [6.45, 7) is 11.0. The maximum absolute atomic E-state index is 12.1. The highest BCUT2D eigenvalue weighted by molar-refractivity contribution is 6.18. The number of imide groups is 1. The summed E-state index contributed by atoms with van der Waals surface area (Å²) in [5.74, 6) is -1.30. The third-order valence-corrected chi connectivity index (χ3v) is 5.29. The Morgan fingerprint density at radius 3 is 1.80 bits per heavy atom. The van der Waals surface area contributed by atoms with Gasteiger partial charge in [0.25, 0.3) is 11.8 Å². The van der Waals surface area contributed by atoms with Crippen LogP contribution in [0.1, 0.15) is 41.5 Å². The van der Waals surface area contributed by atoms with Crippen molar-refractivity contribution in [2.45, 2.75) is 41.5 Å². The minimum Gasteiger partial charge on any atom is -0.443 e. The van der Waals surface area contributed by atoms with Crippen LogP contribution in [-0.2, 0) is 19.1 Å². The summed E-state index contributed by atoms with van der Waals surface area (Å²) in [6.07, 6.45) is 0. The number of esters is 1. The highest BCUT2D eigenvalue weighted by Gasteiger charge is 2.69. The van der Waals surface area contributed by atoms with E-state index in [9.17, 15) is 14.4 Å². The molecule has 0 aromatic heterocycles. The van der Waals surface area contributed by atoms with E-state index >= 15 is 0 Å². The van der Waals surface area contributed by atoms with Crippen LogP contribution in [0, 0.1) is 16.7 Å². The van der Waals surface area contributed by atoms with Crippen LogP contribution < -0.4 is 0 Å². The molecule has 5 nitrogen and oxygen atoms in total. The fourth-order valence-electron chi connectivity index (χ4n) is 2.93. The van der Waals surface area contributed by atoms with Crippen molar-refractivity contribution < 1.29 is 19.1 Å². The van der Waals surface area contributed by atoms with Crippen LogP contribution in [0.3, 0.4) is 0 Å². The molecule has 1 fully saturated rings. The van der Waals surface area contributed by atoms with Crippen molar-refractivity contribution in [1.29, 1.82) is 0 Å². The lowest BCUT2D eigenvalue weighted by Crippen LogP contribution is -2.35. The Labute approximate surface area is 119 Å². The number of rotatable bonds is 3. The average molecular weight is 279 g/mol. The fourth-order valence-corrected chi connectivity index (χ4v) is 2.93. The van der Waals surface area contributed by atoms with Crippen LogP contribution in [0.2, 0.25) is 0 Å². The van der Waals surface area contributed by atoms with Crippen molar-refractivity contribution in [2.75, 3.05) is 6.73 Å². The Morgan fingerprint density at radius 2 is 1.45 bits per heavy atom. The SMILES string of the molecule is CC1=C(C)C(=O)N(COC(=O)C2C(C)(C)C2(C)C)C1=O. The van der Waals surface area contributed by atoms with Gasteiger partial charge in [0, 0.05) is 11.1 Å². The van der Waals surface area contributed by atoms with E-state index in [0.29, 0.717) is 11.1 Å². The second kappa shape index (κ2) is 4.17. The predicted molar refractivity (Wildman–Crippen MR) is 72.2 cm³/mol. The molecule has 1 aliphatic heterocycles. The molecule has 2 amide bonds. The van der Waals surface area contributed by atoms with Gasteiger partial charge >= 0.3 is 5.97 Å². The Hall–Kier alpha value is -1.65. The summed E-state index contributed by atoms with van der Waals surface area (Å²) in [6, 6.07) is 0. The standard InChI is InChI=1S/C15H21NO4/c1-8-9(2)12(18)16(11(8)17)7-20-13(19)10-14(3,4)15(10,5)6/h10H,7H2,1-6H3. The van der Waals surface area contributed by atoms with Gasteiger partial charge in [0.1, 0.15) is 0 Å². The highest BCUT2D eigenvalue weighted by atomic mass is 16.5. The first kappa shape index (κ1) is 14.8. The molecular formula is C15H21NO4. The molecule has 2 aliphatic rings. The van der Waals surface area contributed by atoms with Crippen LogP contribution >= 0.6 is 0 Å². The lowest BCUT2D eigenvalue weighted by molar-refractivity contribution is -0.157. The van der Waals surface area contributed by atoms with Gasteiger partial charge in [0.15, 0.2) is 6.73 Å². The molecule has 0 atom stereocenters. The molecule has 1 saturated carbocycles. The summed E-state index contributed by atoms with van der Waals surface area (Å²) in [4.78, 5) is 36.7. The van der Waals surface area contributed by atoms with E-state index in [4.69, 9.17) is 4.74 Å². The summed E-state index contributed by atoms with van der Waals surface area (Å²) >= 11 is 0. The van der Waals surface area contributed by atoms with Crippen molar-refractivity contribution in [3.63, 3.8) is 0 Å². The van der Waals surface area contributed by atoms with Gasteiger partial charge < -0.3 is 4.74 Å². The number of amides is 2. The number of hydrogen-bond acceptors (Lipinski definition) is 4. The molecule has 0 aromatic carbocycles. The zero-order valence-corrected chi connectivity index (χ0v) is 12.9. The van der Waals surface area contributed by atoms with Crippen molar-refractivity contribution >= 4 is 17.8 Å². The summed E-state index contributed by atoms with van der Waals surface area (Å²) in [5, 5.41) is 0. The van der Waals surface area contributed by atoms with Crippen LogP contribution in [0.4, 0.5) is 0 Å². The van der Waals surface area contributed by atoms with Crippen molar-refractivity contribution in [3.8, 4) is 0 Å². The van der Waals surface area contributed by atoms with Gasteiger partial charge in [-0.25, -0.2) is 4.90 Å². The first-order valence-corrected chi connectivity index (χ1v) is 6.73. The van der Waals surface area contributed by atoms with E-state index in [-0.39, 0.29) is 41.3 Å². The minimum absolute atomic E-state index is 0.118. The maximum atomic E-state index is 12.1. The van der Waals surface area contributed by atoms with Crippen molar-refractivity contribution in [3.05, 3.63) is 11.1 Å². The molecular weight excluding hydrogens is 258 g/mol. The minimum atomic E-state index is -0.380. The highest BCUT2D eigenvalue weighted by Crippen LogP contribution is 2.68. The molecule has 0 bridgehead atoms. The molecule has 1 heterocycles. The first-order chi connectivity index (χ1) is 9.03. The predicted octanol–water partition coefficient (Wildman–Crippen LogP) is 1.87. The monoisotopic (exact) mass is 279 g/mol. The Morgan fingerprint density at radius 1 is 1.05 bits per heavy atom. The molecule has 0 saturated heterocycles. The second-order valence-electron chi connectivity index (χ2n) is 6.76. The third-order valence-electron chi connectivity index (χ3n) is 5.29. The van der Waals surface area contributed by atoms with E-state index < -0.39 is 0 Å². The number of carbonyl (C=O) groups excluding carboxylic acids is 3. The molecule has 0 unspecified atom stereocenters. The first-order valence-electron chi connectivity index (χ1n) is 6.73. The normalized spacial score (nSPS) is 24.4. The van der Waals surface area contributed by atoms with Gasteiger partial charge in [-0.3, -0.25) is 14.4 Å². The molecule has 0 spiro atoms. The molecule has 0 aromatic rings. The zero-order chi connectivity index (χ0) is 15.5. The Balaban J connectivity index is 1.97. The summed E-state index contributed by atoms with van der Waals surface area (Å²) < 4.78 is 5.18. The molecule has 2 rings (SSSR count). The van der Waals surface area contributed by atoms with Crippen molar-refractivity contribution in [1.82, 2.24) is 4.90 Å². The molecule has 20 heavy (non-hydrogen) atoms. The smallest absolute Gasteiger partial charge is 0.311 e. The molecule has 0 radical (unpaired) electrons. The van der Waals surface area contributed by atoms with E-state index in [1.807, 2.05) is 27.7 Å². The Kier molecular flexibility index (Phi) is 3.08. The molecule has 0 N–H and O–H groups in total. The van der Waals surface area contributed by atoms with E-state index in [2.05, 4.69) is 0 Å². The van der Waals surface area contributed by atoms with Gasteiger partial charge in [-0.1, -0.05) is 27.7 Å². The van der Waals surface area contributed by atoms with Gasteiger partial charge in [0.05, 0.1) is 5.92 Å². The zero-order valence-electron chi connectivity index (χ0n) is 12.9. The van der Waals surface area contributed by atoms with Gasteiger partial charge in [0.2, 0.25) is 0 Å². The second-order valence-corrected chi connectivity index (χ2v) is 6.76. The molecule has 5 heteroatoms. The van der Waals surface area contributed by atoms with Crippen LogP contribution in [0.5, 0.6) is 0 Å². The fraction of sp³-hybridized carbons (Fsp3) is 0.667. The number of hydrogen-bond donors (Lipinski definition) is 0. The van der Waals surface area contributed by atoms with E-state index in [1.165, 1.54) is 0 Å². The van der Waals surface area contributed by atoms with E-state index in [0.717, 1.165) is 4.90 Å². The van der Waals surface area contributed by atoms with Crippen LogP contribution in [-0.4, -0.2) is 29.4 Å². The number of ether oxygens (including phenoxy) is 1. The number of nitrogens with zero attached hydrogens (tertiary/aromatic N) is 1. The summed E-state index contributed by atoms with van der Waals surface area (Å²) in [5.41, 5.74) is 0.594. The average Bonchev–Trinajstić information content (AvgIpc) is 2.68. The van der Waals surface area contributed by atoms with Gasteiger partial charge in [-0.05, 0) is 24.7 Å². The van der Waals surface area contributed by atoms with E-state index in [1.54, 1.807) is 13.8 Å². The quantitative estimate of drug-likeness (QED) is 0.584. The molecule has 110 valence electrons. The van der Waals surface area contributed by atoms with Crippen molar-refractivity contribution in [2.24, 2.45) is 16.7 Å². The third kappa shape index (κ3) is 1.79. The topological polar surface area (TPSA) is 63.7 Å². The van der Waals surface area contributed by atoms with Gasteiger partial charge in [-0.2, -0.15) is 0 Å².